The lowest BCUT2D eigenvalue weighted by atomic mass is 10.1. The molecule has 0 aliphatic carbocycles. The molecule has 1 fully saturated rings. The molecule has 0 aromatic heterocycles. The van der Waals surface area contributed by atoms with Crippen LogP contribution >= 0.6 is 0 Å². The molecule has 1 saturated heterocycles. The fraction of sp³-hybridized carbons (Fsp3) is 0.800. The number of hydrogen-bond donors (Lipinski definition) is 2. The molecule has 0 saturated carbocycles. The Kier molecular flexibility index (Phi) is 1.22. The lowest BCUT2D eigenvalue weighted by Gasteiger charge is -2.12. The van der Waals surface area contributed by atoms with E-state index in [9.17, 15) is 4.79 Å². The third kappa shape index (κ3) is 0.906. The van der Waals surface area contributed by atoms with Crippen LogP contribution in [0.1, 0.15) is 13.3 Å². The van der Waals surface area contributed by atoms with Crippen LogP contribution in [-0.2, 0) is 4.79 Å². The molecule has 52 valence electrons. The summed E-state index contributed by atoms with van der Waals surface area (Å²) in [5.41, 5.74) is -1.21. The minimum atomic E-state index is -1.21. The third-order valence-corrected chi connectivity index (χ3v) is 1.56. The molecule has 1 atom stereocenters. The number of nitrogens with two attached hydrogens (primary N) is 1. The van der Waals surface area contributed by atoms with Gasteiger partial charge in [0.2, 0.25) is 0 Å². The van der Waals surface area contributed by atoms with Gasteiger partial charge in [0.15, 0.2) is 0 Å². The van der Waals surface area contributed by atoms with Crippen LogP contribution in [0.5, 0.6) is 0 Å². The molecule has 9 heavy (non-hydrogen) atoms. The molecule has 1 aliphatic rings. The quantitative estimate of drug-likeness (QED) is 0.321. The second-order valence-corrected chi connectivity index (χ2v) is 2.52. The first kappa shape index (κ1) is 6.51. The second kappa shape index (κ2) is 1.68. The van der Waals surface area contributed by atoms with Crippen molar-refractivity contribution >= 4 is 5.91 Å². The van der Waals surface area contributed by atoms with Gasteiger partial charge in [0.05, 0.1) is 0 Å². The lowest BCUT2D eigenvalue weighted by Crippen LogP contribution is -2.40. The van der Waals surface area contributed by atoms with E-state index >= 15 is 0 Å². The van der Waals surface area contributed by atoms with E-state index in [1.54, 1.807) is 0 Å². The molecule has 0 aromatic carbocycles. The molecule has 1 heterocycles. The maximum Gasteiger partial charge on any atom is 0.268 e. The molecule has 1 unspecified atom stereocenters. The first-order chi connectivity index (χ1) is 4.04. The van der Waals surface area contributed by atoms with Crippen LogP contribution < -0.4 is 5.84 Å². The number of hydrazine groups is 1. The van der Waals surface area contributed by atoms with E-state index in [0.29, 0.717) is 13.0 Å². The smallest absolute Gasteiger partial charge is 0.268 e. The summed E-state index contributed by atoms with van der Waals surface area (Å²) in [4.78, 5) is 10.8. The molecule has 4 heteroatoms. The SMILES string of the molecule is CC1(O)CCN(N)C1=O. The van der Waals surface area contributed by atoms with E-state index in [0.717, 1.165) is 5.01 Å². The summed E-state index contributed by atoms with van der Waals surface area (Å²) >= 11 is 0. The maximum absolute atomic E-state index is 10.8. The second-order valence-electron chi connectivity index (χ2n) is 2.52. The zero-order valence-electron chi connectivity index (χ0n) is 5.29. The highest BCUT2D eigenvalue weighted by Gasteiger charge is 2.39. The molecule has 0 aromatic rings. The first-order valence-electron chi connectivity index (χ1n) is 2.83. The van der Waals surface area contributed by atoms with Gasteiger partial charge in [-0.15, -0.1) is 0 Å². The number of carbonyl (C=O) groups is 1. The summed E-state index contributed by atoms with van der Waals surface area (Å²) in [6, 6.07) is 0. The Morgan fingerprint density at radius 3 is 2.56 bits per heavy atom. The first-order valence-corrected chi connectivity index (χ1v) is 2.83. The van der Waals surface area contributed by atoms with E-state index in [2.05, 4.69) is 0 Å². The molecular weight excluding hydrogens is 120 g/mol. The summed E-state index contributed by atoms with van der Waals surface area (Å²) in [7, 11) is 0. The molecule has 1 aliphatic heterocycles. The van der Waals surface area contributed by atoms with Gasteiger partial charge in [-0.2, -0.15) is 0 Å². The molecule has 1 rings (SSSR count). The topological polar surface area (TPSA) is 66.6 Å². The van der Waals surface area contributed by atoms with Crippen molar-refractivity contribution in [2.24, 2.45) is 5.84 Å². The van der Waals surface area contributed by atoms with Gasteiger partial charge < -0.3 is 5.11 Å². The van der Waals surface area contributed by atoms with Crippen LogP contribution in [0.15, 0.2) is 0 Å². The molecule has 1 amide bonds. The van der Waals surface area contributed by atoms with Crippen molar-refractivity contribution in [1.29, 1.82) is 0 Å². The van der Waals surface area contributed by atoms with Crippen molar-refractivity contribution in [3.05, 3.63) is 0 Å². The van der Waals surface area contributed by atoms with E-state index in [4.69, 9.17) is 10.9 Å². The fourth-order valence-electron chi connectivity index (χ4n) is 0.856. The Morgan fingerprint density at radius 2 is 2.44 bits per heavy atom. The number of aliphatic hydroxyl groups is 1. The monoisotopic (exact) mass is 130 g/mol. The highest BCUT2D eigenvalue weighted by Crippen LogP contribution is 2.18. The average Bonchev–Trinajstić information content (AvgIpc) is 1.97. The molecule has 4 nitrogen and oxygen atoms in total. The van der Waals surface area contributed by atoms with Crippen LogP contribution in [0, 0.1) is 0 Å². The molecular formula is C5H10N2O2. The zero-order valence-corrected chi connectivity index (χ0v) is 5.29. The van der Waals surface area contributed by atoms with Crippen molar-refractivity contribution < 1.29 is 9.90 Å². The van der Waals surface area contributed by atoms with Gasteiger partial charge in [-0.25, -0.2) is 5.84 Å². The summed E-state index contributed by atoms with van der Waals surface area (Å²) < 4.78 is 0. The summed E-state index contributed by atoms with van der Waals surface area (Å²) in [6.45, 7) is 1.92. The fourth-order valence-corrected chi connectivity index (χ4v) is 0.856. The van der Waals surface area contributed by atoms with Crippen molar-refractivity contribution in [3.63, 3.8) is 0 Å². The average molecular weight is 130 g/mol. The van der Waals surface area contributed by atoms with Crippen LogP contribution in [0.2, 0.25) is 0 Å². The Labute approximate surface area is 53.2 Å². The Morgan fingerprint density at radius 1 is 1.89 bits per heavy atom. The normalized spacial score (nSPS) is 35.9. The van der Waals surface area contributed by atoms with Crippen molar-refractivity contribution in [2.45, 2.75) is 18.9 Å². The number of nitrogens with zero attached hydrogens (tertiary/aromatic N) is 1. The largest absolute Gasteiger partial charge is 0.380 e. The van der Waals surface area contributed by atoms with E-state index < -0.39 is 5.60 Å². The predicted molar refractivity (Wildman–Crippen MR) is 31.1 cm³/mol. The van der Waals surface area contributed by atoms with Gasteiger partial charge in [0.25, 0.3) is 5.91 Å². The van der Waals surface area contributed by atoms with Crippen LogP contribution in [0.3, 0.4) is 0 Å². The van der Waals surface area contributed by atoms with Crippen molar-refractivity contribution in [1.82, 2.24) is 5.01 Å². The zero-order chi connectivity index (χ0) is 7.07. The molecule has 3 N–H and O–H groups in total. The highest BCUT2D eigenvalue weighted by molar-refractivity contribution is 5.85. The summed E-state index contributed by atoms with van der Waals surface area (Å²) in [5.74, 6) is 4.79. The summed E-state index contributed by atoms with van der Waals surface area (Å²) in [5, 5.41) is 10.2. The molecule has 0 bridgehead atoms. The van der Waals surface area contributed by atoms with Gasteiger partial charge in [-0.3, -0.25) is 9.80 Å². The Hall–Kier alpha value is -0.610. The standard InChI is InChI=1S/C5H10N2O2/c1-5(9)2-3-7(6)4(5)8/h9H,2-3,6H2,1H3. The number of carbonyl (C=O) groups excluding carboxylic acids is 1. The summed E-state index contributed by atoms with van der Waals surface area (Å²) in [6.07, 6.45) is 0.433. The third-order valence-electron chi connectivity index (χ3n) is 1.56. The van der Waals surface area contributed by atoms with Crippen molar-refractivity contribution in [2.75, 3.05) is 6.54 Å². The number of rotatable bonds is 0. The Bertz CT molecular complexity index is 144. The minimum absolute atomic E-state index is 0.387. The molecule has 0 radical (unpaired) electrons. The van der Waals surface area contributed by atoms with Crippen LogP contribution in [-0.4, -0.2) is 28.2 Å². The van der Waals surface area contributed by atoms with Gasteiger partial charge in [0, 0.05) is 13.0 Å². The molecule has 0 spiro atoms. The van der Waals surface area contributed by atoms with E-state index in [-0.39, 0.29) is 5.91 Å². The predicted octanol–water partition coefficient (Wildman–Crippen LogP) is -1.16. The van der Waals surface area contributed by atoms with Gasteiger partial charge in [0.1, 0.15) is 5.60 Å². The van der Waals surface area contributed by atoms with Gasteiger partial charge >= 0.3 is 0 Å². The van der Waals surface area contributed by atoms with Crippen LogP contribution in [0.25, 0.3) is 0 Å². The highest BCUT2D eigenvalue weighted by atomic mass is 16.3. The van der Waals surface area contributed by atoms with E-state index in [1.807, 2.05) is 0 Å². The number of amides is 1. The Balaban J connectivity index is 2.74. The van der Waals surface area contributed by atoms with Crippen molar-refractivity contribution in [3.8, 4) is 0 Å². The lowest BCUT2D eigenvalue weighted by molar-refractivity contribution is -0.141. The van der Waals surface area contributed by atoms with E-state index in [1.165, 1.54) is 6.92 Å². The maximum atomic E-state index is 10.8. The number of hydrogen-bond acceptors (Lipinski definition) is 3. The van der Waals surface area contributed by atoms with Gasteiger partial charge in [-0.1, -0.05) is 0 Å². The van der Waals surface area contributed by atoms with Crippen LogP contribution in [0.4, 0.5) is 0 Å². The van der Waals surface area contributed by atoms with Gasteiger partial charge in [-0.05, 0) is 6.92 Å². The minimum Gasteiger partial charge on any atom is -0.380 e.